The van der Waals surface area contributed by atoms with Crippen LogP contribution < -0.4 is 5.11 Å². The fraction of sp³-hybridized carbons (Fsp3) is 0.674. The molecule has 0 saturated carbocycles. The fourth-order valence-corrected chi connectivity index (χ4v) is 5.58. The van der Waals surface area contributed by atoms with Crippen LogP contribution in [-0.2, 0) is 28.6 Å². The molecule has 8 heteroatoms. The number of carboxylic acids is 1. The number of likely N-dealkylation sites (N-methyl/N-ethyl adjacent to an activating group) is 1. The summed E-state index contributed by atoms with van der Waals surface area (Å²) >= 11 is 0. The summed E-state index contributed by atoms with van der Waals surface area (Å²) in [4.78, 5) is 36.6. The molecule has 308 valence electrons. The van der Waals surface area contributed by atoms with Crippen molar-refractivity contribution in [3.05, 3.63) is 72.9 Å². The zero-order chi connectivity index (χ0) is 40.0. The first-order chi connectivity index (χ1) is 26.1. The monoisotopic (exact) mass is 756 g/mol. The van der Waals surface area contributed by atoms with Crippen molar-refractivity contribution >= 4 is 17.9 Å². The van der Waals surface area contributed by atoms with Gasteiger partial charge in [0.15, 0.2) is 6.10 Å². The van der Waals surface area contributed by atoms with Crippen LogP contribution in [-0.4, -0.2) is 75.5 Å². The maximum absolute atomic E-state index is 12.6. The van der Waals surface area contributed by atoms with Crippen molar-refractivity contribution in [2.24, 2.45) is 0 Å². The van der Waals surface area contributed by atoms with E-state index in [2.05, 4.69) is 80.7 Å². The lowest BCUT2D eigenvalue weighted by atomic mass is 10.1. The Hall–Kier alpha value is -3.23. The topological polar surface area (TPSA) is 102 Å². The van der Waals surface area contributed by atoms with E-state index in [0.29, 0.717) is 12.8 Å². The summed E-state index contributed by atoms with van der Waals surface area (Å²) in [6.45, 7) is 4.42. The van der Waals surface area contributed by atoms with Crippen LogP contribution in [0.3, 0.4) is 0 Å². The van der Waals surface area contributed by atoms with Crippen LogP contribution in [0.4, 0.5) is 0 Å². The van der Waals surface area contributed by atoms with E-state index in [1.165, 1.54) is 32.1 Å². The molecule has 0 aliphatic heterocycles. The lowest BCUT2D eigenvalue weighted by molar-refractivity contribution is -0.889. The third kappa shape index (κ3) is 34.5. The molecule has 0 bridgehead atoms. The van der Waals surface area contributed by atoms with Gasteiger partial charge in [0.25, 0.3) is 0 Å². The normalized spacial score (nSPS) is 13.7. The molecule has 0 aromatic carbocycles. The number of carbonyl (C=O) groups excluding carboxylic acids is 3. The maximum atomic E-state index is 12.6. The average Bonchev–Trinajstić information content (AvgIpc) is 3.12. The molecule has 0 saturated heterocycles. The number of unbranched alkanes of at least 4 members (excludes halogenated alkanes) is 10. The van der Waals surface area contributed by atoms with Crippen LogP contribution in [0.1, 0.15) is 149 Å². The van der Waals surface area contributed by atoms with Crippen LogP contribution in [0.15, 0.2) is 72.9 Å². The molecule has 0 aromatic rings. The number of aliphatic carboxylic acids is 1. The van der Waals surface area contributed by atoms with Gasteiger partial charge >= 0.3 is 11.9 Å². The molecule has 0 aromatic heterocycles. The number of carboxylic acid groups (broad SMARTS) is 1. The molecule has 2 atom stereocenters. The summed E-state index contributed by atoms with van der Waals surface area (Å²) in [5.74, 6) is -1.83. The highest BCUT2D eigenvalue weighted by atomic mass is 16.6. The summed E-state index contributed by atoms with van der Waals surface area (Å²) in [6.07, 6.45) is 45.2. The van der Waals surface area contributed by atoms with E-state index in [9.17, 15) is 19.5 Å². The second-order valence-electron chi connectivity index (χ2n) is 14.8. The van der Waals surface area contributed by atoms with Gasteiger partial charge in [-0.2, -0.15) is 0 Å². The molecule has 0 heterocycles. The number of carbonyl (C=O) groups is 3. The summed E-state index contributed by atoms with van der Waals surface area (Å²) in [7, 11) is 5.37. The number of hydrogen-bond acceptors (Lipinski definition) is 7. The van der Waals surface area contributed by atoms with E-state index in [-0.39, 0.29) is 49.1 Å². The standard InChI is InChI=1S/C46H77NO7/c1-6-8-10-12-14-16-17-18-19-20-21-22-23-24-25-26-27-28-29-31-32-34-36-44(48)53-41-42(40-52-39-38-43(46(50)51)47(3,4)5)54-45(49)37-35-33-30-15-13-11-9-7-2/h8,10,14,16,18-19,21-22,24-25,30,33,42-43H,6-7,9,11-13,15,17,20,23,26-29,31-32,34-41H2,1-5H3/b10-8+,16-14+,19-18+,22-21+,25-24+,33-30+. The molecule has 0 aliphatic carbocycles. The highest BCUT2D eigenvalue weighted by Gasteiger charge is 2.25. The first-order valence-corrected chi connectivity index (χ1v) is 21.0. The molecule has 0 fully saturated rings. The number of quaternary nitrogens is 1. The molecule has 0 aliphatic rings. The summed E-state index contributed by atoms with van der Waals surface area (Å²) in [5.41, 5.74) is 0. The van der Waals surface area contributed by atoms with Gasteiger partial charge in [-0.05, 0) is 70.6 Å². The van der Waals surface area contributed by atoms with E-state index in [0.717, 1.165) is 77.0 Å². The van der Waals surface area contributed by atoms with Crippen molar-refractivity contribution in [2.45, 2.75) is 161 Å². The van der Waals surface area contributed by atoms with Gasteiger partial charge in [-0.3, -0.25) is 9.59 Å². The summed E-state index contributed by atoms with van der Waals surface area (Å²) < 4.78 is 17.0. The molecule has 0 amide bonds. The molecular weight excluding hydrogens is 679 g/mol. The quantitative estimate of drug-likeness (QED) is 0.0272. The number of esters is 2. The van der Waals surface area contributed by atoms with E-state index < -0.39 is 18.1 Å². The molecule has 54 heavy (non-hydrogen) atoms. The lowest BCUT2D eigenvalue weighted by Gasteiger charge is -2.34. The summed E-state index contributed by atoms with van der Waals surface area (Å²) in [5, 5.41) is 11.6. The number of ether oxygens (including phenoxy) is 3. The van der Waals surface area contributed by atoms with Crippen LogP contribution in [0.5, 0.6) is 0 Å². The Labute approximate surface area is 330 Å². The van der Waals surface area contributed by atoms with Gasteiger partial charge in [-0.15, -0.1) is 0 Å². The Bertz CT molecular complexity index is 1110. The predicted octanol–water partition coefficient (Wildman–Crippen LogP) is 9.85. The van der Waals surface area contributed by atoms with E-state index in [1.54, 1.807) is 21.1 Å². The van der Waals surface area contributed by atoms with Crippen molar-refractivity contribution in [1.82, 2.24) is 0 Å². The highest BCUT2D eigenvalue weighted by Crippen LogP contribution is 2.12. The molecular formula is C46H77NO7. The Morgan fingerprint density at radius 2 is 1.07 bits per heavy atom. The summed E-state index contributed by atoms with van der Waals surface area (Å²) in [6, 6.07) is -0.735. The van der Waals surface area contributed by atoms with E-state index in [1.807, 2.05) is 6.08 Å². The Balaban J connectivity index is 4.29. The number of allylic oxidation sites excluding steroid dienone is 12. The fourth-order valence-electron chi connectivity index (χ4n) is 5.58. The van der Waals surface area contributed by atoms with Crippen molar-refractivity contribution in [3.8, 4) is 0 Å². The van der Waals surface area contributed by atoms with Crippen molar-refractivity contribution in [1.29, 1.82) is 0 Å². The van der Waals surface area contributed by atoms with Crippen LogP contribution >= 0.6 is 0 Å². The van der Waals surface area contributed by atoms with Crippen LogP contribution in [0.25, 0.3) is 0 Å². The molecule has 0 N–H and O–H groups in total. The first-order valence-electron chi connectivity index (χ1n) is 21.0. The van der Waals surface area contributed by atoms with Crippen LogP contribution in [0, 0.1) is 0 Å². The Kier molecular flexibility index (Phi) is 34.5. The first kappa shape index (κ1) is 50.8. The predicted molar refractivity (Wildman–Crippen MR) is 222 cm³/mol. The maximum Gasteiger partial charge on any atom is 0.306 e. The highest BCUT2D eigenvalue weighted by molar-refractivity contribution is 5.70. The van der Waals surface area contributed by atoms with E-state index in [4.69, 9.17) is 14.2 Å². The second kappa shape index (κ2) is 36.7. The minimum atomic E-state index is -1.14. The zero-order valence-electron chi connectivity index (χ0n) is 34.9. The largest absolute Gasteiger partial charge is 0.544 e. The molecule has 8 nitrogen and oxygen atoms in total. The van der Waals surface area contributed by atoms with Crippen molar-refractivity contribution < 1.29 is 38.2 Å². The number of nitrogens with zero attached hydrogens (tertiary/aromatic N) is 1. The van der Waals surface area contributed by atoms with Gasteiger partial charge in [0.1, 0.15) is 12.6 Å². The molecule has 0 radical (unpaired) electrons. The van der Waals surface area contributed by atoms with Crippen molar-refractivity contribution in [3.63, 3.8) is 0 Å². The van der Waals surface area contributed by atoms with Gasteiger partial charge in [0.2, 0.25) is 0 Å². The van der Waals surface area contributed by atoms with Gasteiger partial charge < -0.3 is 28.6 Å². The third-order valence-electron chi connectivity index (χ3n) is 8.84. The van der Waals surface area contributed by atoms with Gasteiger partial charge in [-0.1, -0.05) is 132 Å². The Morgan fingerprint density at radius 3 is 1.63 bits per heavy atom. The minimum absolute atomic E-state index is 0.0167. The van der Waals surface area contributed by atoms with Gasteiger partial charge in [0.05, 0.1) is 40.3 Å². The van der Waals surface area contributed by atoms with Gasteiger partial charge in [0, 0.05) is 19.3 Å². The Morgan fingerprint density at radius 1 is 0.574 bits per heavy atom. The number of rotatable bonds is 36. The number of hydrogen-bond donors (Lipinski definition) is 0. The third-order valence-corrected chi connectivity index (χ3v) is 8.84. The van der Waals surface area contributed by atoms with Crippen LogP contribution in [0.2, 0.25) is 0 Å². The second-order valence-corrected chi connectivity index (χ2v) is 14.8. The smallest absolute Gasteiger partial charge is 0.306 e. The zero-order valence-corrected chi connectivity index (χ0v) is 34.9. The van der Waals surface area contributed by atoms with E-state index >= 15 is 0 Å². The average molecular weight is 756 g/mol. The SMILES string of the molecule is CC/C=C/C/C=C/C/C=C/C/C=C/C/C=C/CCCCCCCCC(=O)OCC(COCCC(C(=O)[O-])[N+](C)(C)C)OC(=O)CC/C=C/CCCCCC. The minimum Gasteiger partial charge on any atom is -0.544 e. The van der Waals surface area contributed by atoms with Gasteiger partial charge in [-0.25, -0.2) is 0 Å². The lowest BCUT2D eigenvalue weighted by Crippen LogP contribution is -2.55. The molecule has 0 spiro atoms. The molecule has 2 unspecified atom stereocenters. The van der Waals surface area contributed by atoms with Crippen molar-refractivity contribution in [2.75, 3.05) is 41.0 Å². The molecule has 0 rings (SSSR count).